The Hall–Kier alpha value is -1.30. The van der Waals surface area contributed by atoms with Crippen molar-refractivity contribution in [2.45, 2.75) is 58.0 Å². The third kappa shape index (κ3) is 5.92. The molecule has 1 heterocycles. The summed E-state index contributed by atoms with van der Waals surface area (Å²) in [6.45, 7) is 6.14. The minimum Gasteiger partial charge on any atom is -0.466 e. The minimum absolute atomic E-state index is 0.0753. The van der Waals surface area contributed by atoms with Crippen LogP contribution in [0, 0.1) is 0 Å². The van der Waals surface area contributed by atoms with E-state index in [9.17, 15) is 4.79 Å². The molecule has 19 heavy (non-hydrogen) atoms. The van der Waals surface area contributed by atoms with Gasteiger partial charge in [0.2, 0.25) is 0 Å². The molecule has 108 valence electrons. The molecule has 0 amide bonds. The first-order chi connectivity index (χ1) is 8.96. The predicted octanol–water partition coefficient (Wildman–Crippen LogP) is 2.55. The highest BCUT2D eigenvalue weighted by molar-refractivity contribution is 5.69. The maximum Gasteiger partial charge on any atom is 0.308 e. The van der Waals surface area contributed by atoms with E-state index in [1.807, 2.05) is 13.8 Å². The van der Waals surface area contributed by atoms with E-state index in [1.165, 1.54) is 0 Å². The number of esters is 1. The Bertz CT molecular complexity index is 353. The maximum atomic E-state index is 11.5. The smallest absolute Gasteiger partial charge is 0.308 e. The molecule has 2 unspecified atom stereocenters. The van der Waals surface area contributed by atoms with E-state index in [-0.39, 0.29) is 24.6 Å². The summed E-state index contributed by atoms with van der Waals surface area (Å²) in [5.41, 5.74) is 8.26. The second-order valence-electron chi connectivity index (χ2n) is 4.87. The van der Waals surface area contributed by atoms with Gasteiger partial charge in [0.05, 0.1) is 25.2 Å². The van der Waals surface area contributed by atoms with Crippen LogP contribution >= 0.6 is 0 Å². The molecule has 0 bridgehead atoms. The molecule has 0 N–H and O–H groups in total. The summed E-state index contributed by atoms with van der Waals surface area (Å²) >= 11 is 0. The van der Waals surface area contributed by atoms with Crippen molar-refractivity contribution in [3.63, 3.8) is 0 Å². The Morgan fingerprint density at radius 2 is 2.16 bits per heavy atom. The molecular formula is C12H21N3O4. The van der Waals surface area contributed by atoms with E-state index >= 15 is 0 Å². The molecule has 0 saturated carbocycles. The predicted molar refractivity (Wildman–Crippen MR) is 68.3 cm³/mol. The van der Waals surface area contributed by atoms with E-state index in [1.54, 1.807) is 6.92 Å². The first-order valence-corrected chi connectivity index (χ1v) is 6.49. The zero-order chi connectivity index (χ0) is 14.3. The van der Waals surface area contributed by atoms with Gasteiger partial charge in [-0.3, -0.25) is 4.79 Å². The minimum atomic E-state index is -0.740. The van der Waals surface area contributed by atoms with Gasteiger partial charge in [0.25, 0.3) is 0 Å². The van der Waals surface area contributed by atoms with Crippen molar-refractivity contribution in [2.24, 2.45) is 5.11 Å². The Kier molecular flexibility index (Phi) is 6.08. The van der Waals surface area contributed by atoms with E-state index in [0.717, 1.165) is 0 Å². The molecule has 1 fully saturated rings. The molecule has 0 spiro atoms. The number of hydrogen-bond acceptors (Lipinski definition) is 5. The summed E-state index contributed by atoms with van der Waals surface area (Å²) in [5, 5.41) is 3.50. The third-order valence-corrected chi connectivity index (χ3v) is 2.74. The molecule has 0 aromatic carbocycles. The lowest BCUT2D eigenvalue weighted by Gasteiger charge is -2.40. The average molecular weight is 271 g/mol. The van der Waals surface area contributed by atoms with Gasteiger partial charge in [0.15, 0.2) is 5.79 Å². The van der Waals surface area contributed by atoms with Crippen LogP contribution in [-0.4, -0.2) is 37.1 Å². The summed E-state index contributed by atoms with van der Waals surface area (Å²) < 4.78 is 16.4. The Morgan fingerprint density at radius 1 is 1.47 bits per heavy atom. The van der Waals surface area contributed by atoms with Crippen LogP contribution in [0.15, 0.2) is 5.11 Å². The number of rotatable bonds is 6. The third-order valence-electron chi connectivity index (χ3n) is 2.74. The standard InChI is InChI=1S/C12H21N3O4/c1-4-17-11(16)8-10-7-9(5-6-14-15-13)18-12(2,3)19-10/h9-10H,4-8H2,1-3H3. The zero-order valence-corrected chi connectivity index (χ0v) is 11.7. The lowest BCUT2D eigenvalue weighted by molar-refractivity contribution is -0.300. The highest BCUT2D eigenvalue weighted by Crippen LogP contribution is 2.29. The fourth-order valence-electron chi connectivity index (χ4n) is 2.17. The normalized spacial score (nSPS) is 25.4. The molecule has 2 atom stereocenters. The summed E-state index contributed by atoms with van der Waals surface area (Å²) in [5.74, 6) is -1.00. The molecule has 1 aliphatic heterocycles. The summed E-state index contributed by atoms with van der Waals surface area (Å²) in [6.07, 6.45) is 1.14. The van der Waals surface area contributed by atoms with Crippen molar-refractivity contribution < 1.29 is 19.0 Å². The largest absolute Gasteiger partial charge is 0.466 e. The summed E-state index contributed by atoms with van der Waals surface area (Å²) in [7, 11) is 0. The Labute approximate surface area is 112 Å². The first-order valence-electron chi connectivity index (χ1n) is 6.49. The van der Waals surface area contributed by atoms with Crippen molar-refractivity contribution in [3.8, 4) is 0 Å². The van der Waals surface area contributed by atoms with Crippen LogP contribution in [0.5, 0.6) is 0 Å². The van der Waals surface area contributed by atoms with Crippen LogP contribution in [0.3, 0.4) is 0 Å². The highest BCUT2D eigenvalue weighted by Gasteiger charge is 2.36. The van der Waals surface area contributed by atoms with Crippen LogP contribution in [0.4, 0.5) is 0 Å². The lowest BCUT2D eigenvalue weighted by Crippen LogP contribution is -2.45. The van der Waals surface area contributed by atoms with Gasteiger partial charge in [0, 0.05) is 17.9 Å². The number of carbonyl (C=O) groups is 1. The molecule has 0 aliphatic carbocycles. The van der Waals surface area contributed by atoms with Gasteiger partial charge in [-0.1, -0.05) is 5.11 Å². The second kappa shape index (κ2) is 7.33. The van der Waals surface area contributed by atoms with E-state index < -0.39 is 5.79 Å². The van der Waals surface area contributed by atoms with Gasteiger partial charge in [-0.2, -0.15) is 0 Å². The zero-order valence-electron chi connectivity index (χ0n) is 11.7. The monoisotopic (exact) mass is 271 g/mol. The quantitative estimate of drug-likeness (QED) is 0.321. The van der Waals surface area contributed by atoms with E-state index in [4.69, 9.17) is 19.7 Å². The molecule has 7 nitrogen and oxygen atoms in total. The SMILES string of the molecule is CCOC(=O)CC1CC(CCN=[N+]=[N-])OC(C)(C)O1. The number of ether oxygens (including phenoxy) is 3. The van der Waals surface area contributed by atoms with Crippen LogP contribution in [0.2, 0.25) is 0 Å². The van der Waals surface area contributed by atoms with Gasteiger partial charge in [0.1, 0.15) is 0 Å². The second-order valence-corrected chi connectivity index (χ2v) is 4.87. The van der Waals surface area contributed by atoms with Gasteiger partial charge in [-0.25, -0.2) is 0 Å². The summed E-state index contributed by atoms with van der Waals surface area (Å²) in [4.78, 5) is 14.2. The fraction of sp³-hybridized carbons (Fsp3) is 0.917. The van der Waals surface area contributed by atoms with Crippen LogP contribution in [0.25, 0.3) is 10.4 Å². The van der Waals surface area contributed by atoms with Crippen LogP contribution in [-0.2, 0) is 19.0 Å². The fourth-order valence-corrected chi connectivity index (χ4v) is 2.17. The summed E-state index contributed by atoms with van der Waals surface area (Å²) in [6, 6.07) is 0. The van der Waals surface area contributed by atoms with Crippen molar-refractivity contribution in [1.29, 1.82) is 0 Å². The van der Waals surface area contributed by atoms with Crippen LogP contribution < -0.4 is 0 Å². The van der Waals surface area contributed by atoms with E-state index in [2.05, 4.69) is 10.0 Å². The number of hydrogen-bond donors (Lipinski definition) is 0. The maximum absolute atomic E-state index is 11.5. The van der Waals surface area contributed by atoms with Gasteiger partial charge in [-0.05, 0) is 32.7 Å². The topological polar surface area (TPSA) is 93.5 Å². The molecule has 1 rings (SSSR count). The number of carbonyl (C=O) groups excluding carboxylic acids is 1. The average Bonchev–Trinajstić information content (AvgIpc) is 2.27. The Morgan fingerprint density at radius 3 is 2.79 bits per heavy atom. The number of azide groups is 1. The number of nitrogens with zero attached hydrogens (tertiary/aromatic N) is 3. The van der Waals surface area contributed by atoms with Crippen molar-refractivity contribution >= 4 is 5.97 Å². The van der Waals surface area contributed by atoms with Gasteiger partial charge >= 0.3 is 5.97 Å². The highest BCUT2D eigenvalue weighted by atomic mass is 16.7. The Balaban J connectivity index is 2.52. The first kappa shape index (κ1) is 15.8. The van der Waals surface area contributed by atoms with Crippen molar-refractivity contribution in [3.05, 3.63) is 10.4 Å². The van der Waals surface area contributed by atoms with Crippen molar-refractivity contribution in [2.75, 3.05) is 13.2 Å². The van der Waals surface area contributed by atoms with Gasteiger partial charge < -0.3 is 14.2 Å². The van der Waals surface area contributed by atoms with Crippen molar-refractivity contribution in [1.82, 2.24) is 0 Å². The molecule has 0 radical (unpaired) electrons. The van der Waals surface area contributed by atoms with Gasteiger partial charge in [-0.15, -0.1) is 0 Å². The van der Waals surface area contributed by atoms with E-state index in [0.29, 0.717) is 26.0 Å². The molecule has 1 aliphatic rings. The molecular weight excluding hydrogens is 250 g/mol. The molecule has 1 saturated heterocycles. The molecule has 0 aromatic heterocycles. The molecule has 7 heteroatoms. The molecule has 0 aromatic rings. The lowest BCUT2D eigenvalue weighted by atomic mass is 10.0. The van der Waals surface area contributed by atoms with Crippen LogP contribution in [0.1, 0.15) is 40.0 Å².